The van der Waals surface area contributed by atoms with Crippen LogP contribution in [0.15, 0.2) is 42.5 Å². The normalized spacial score (nSPS) is 10.1. The van der Waals surface area contributed by atoms with Gasteiger partial charge in [-0.1, -0.05) is 12.1 Å². The zero-order valence-corrected chi connectivity index (χ0v) is 14.5. The highest BCUT2D eigenvalue weighted by molar-refractivity contribution is 6.04. The van der Waals surface area contributed by atoms with Crippen molar-refractivity contribution in [3.05, 3.63) is 53.9 Å². The smallest absolute Gasteiger partial charge is 0.274 e. The molecule has 3 amide bonds. The van der Waals surface area contributed by atoms with E-state index in [0.29, 0.717) is 24.5 Å². The lowest BCUT2D eigenvalue weighted by molar-refractivity contribution is -0.114. The van der Waals surface area contributed by atoms with Gasteiger partial charge in [0.2, 0.25) is 5.91 Å². The van der Waals surface area contributed by atoms with Crippen LogP contribution in [0.5, 0.6) is 0 Å². The summed E-state index contributed by atoms with van der Waals surface area (Å²) in [7, 11) is 1.54. The number of pyridine rings is 1. The molecule has 0 aliphatic carbocycles. The van der Waals surface area contributed by atoms with Gasteiger partial charge in [0.15, 0.2) is 0 Å². The molecule has 0 saturated heterocycles. The number of nitrogens with zero attached hydrogens (tertiary/aromatic N) is 1. The van der Waals surface area contributed by atoms with Crippen LogP contribution >= 0.6 is 0 Å². The molecule has 0 unspecified atom stereocenters. The molecule has 3 N–H and O–H groups in total. The quantitative estimate of drug-likeness (QED) is 0.654. The van der Waals surface area contributed by atoms with Crippen LogP contribution in [0, 0.1) is 0 Å². The van der Waals surface area contributed by atoms with Crippen molar-refractivity contribution in [3.8, 4) is 0 Å². The van der Waals surface area contributed by atoms with Crippen molar-refractivity contribution in [2.24, 2.45) is 0 Å². The molecular weight excluding hydrogens is 336 g/mol. The van der Waals surface area contributed by atoms with Gasteiger partial charge in [0.25, 0.3) is 11.8 Å². The minimum atomic E-state index is -0.462. The van der Waals surface area contributed by atoms with Gasteiger partial charge in [-0.2, -0.15) is 0 Å². The van der Waals surface area contributed by atoms with Crippen LogP contribution in [-0.4, -0.2) is 43.0 Å². The zero-order chi connectivity index (χ0) is 18.9. The van der Waals surface area contributed by atoms with Crippen molar-refractivity contribution >= 4 is 29.1 Å². The number of rotatable bonds is 7. The molecule has 0 bridgehead atoms. The van der Waals surface area contributed by atoms with E-state index in [0.717, 1.165) is 0 Å². The topological polar surface area (TPSA) is 109 Å². The molecular formula is C18H20N4O4. The van der Waals surface area contributed by atoms with Gasteiger partial charge in [-0.3, -0.25) is 14.4 Å². The van der Waals surface area contributed by atoms with Crippen LogP contribution in [0.4, 0.5) is 11.4 Å². The Bertz CT molecular complexity index is 807. The predicted octanol–water partition coefficient (Wildman–Crippen LogP) is 1.67. The number of carbonyl (C=O) groups excluding carboxylic acids is 3. The standard InChI is InChI=1S/C18H20N4O4/c1-12(23)20-13-5-3-6-14(11-13)21-18(25)16-8-4-7-15(22-16)17(24)19-9-10-26-2/h3-8,11H,9-10H2,1-2H3,(H,19,24)(H,20,23)(H,21,25). The Balaban J connectivity index is 2.07. The molecule has 0 aliphatic rings. The largest absolute Gasteiger partial charge is 0.383 e. The Morgan fingerprint density at radius 2 is 1.58 bits per heavy atom. The summed E-state index contributed by atoms with van der Waals surface area (Å²) in [5.74, 6) is -1.05. The summed E-state index contributed by atoms with van der Waals surface area (Å²) in [5.41, 5.74) is 1.31. The second-order valence-corrected chi connectivity index (χ2v) is 5.37. The van der Waals surface area contributed by atoms with Gasteiger partial charge >= 0.3 is 0 Å². The fraction of sp³-hybridized carbons (Fsp3) is 0.222. The number of anilines is 2. The first-order valence-electron chi connectivity index (χ1n) is 7.93. The summed E-state index contributed by atoms with van der Waals surface area (Å²) < 4.78 is 4.86. The molecule has 26 heavy (non-hydrogen) atoms. The minimum Gasteiger partial charge on any atom is -0.383 e. The first-order valence-corrected chi connectivity index (χ1v) is 7.93. The van der Waals surface area contributed by atoms with E-state index in [1.165, 1.54) is 26.2 Å². The maximum atomic E-state index is 12.4. The van der Waals surface area contributed by atoms with E-state index >= 15 is 0 Å². The summed E-state index contributed by atoms with van der Waals surface area (Å²) in [5, 5.41) is 7.97. The van der Waals surface area contributed by atoms with Crippen LogP contribution in [0.1, 0.15) is 27.9 Å². The molecule has 2 rings (SSSR count). The summed E-state index contributed by atoms with van der Waals surface area (Å²) >= 11 is 0. The van der Waals surface area contributed by atoms with Crippen molar-refractivity contribution in [2.45, 2.75) is 6.92 Å². The highest BCUT2D eigenvalue weighted by Crippen LogP contribution is 2.16. The average molecular weight is 356 g/mol. The minimum absolute atomic E-state index is 0.106. The molecule has 1 heterocycles. The van der Waals surface area contributed by atoms with E-state index in [4.69, 9.17) is 4.74 Å². The third-order valence-corrected chi connectivity index (χ3v) is 3.25. The number of hydrogen-bond acceptors (Lipinski definition) is 5. The zero-order valence-electron chi connectivity index (χ0n) is 14.5. The van der Waals surface area contributed by atoms with Crippen molar-refractivity contribution in [2.75, 3.05) is 30.9 Å². The summed E-state index contributed by atoms with van der Waals surface area (Å²) in [4.78, 5) is 39.6. The molecule has 0 spiro atoms. The number of methoxy groups -OCH3 is 1. The highest BCUT2D eigenvalue weighted by atomic mass is 16.5. The Labute approximate surface area is 151 Å². The summed E-state index contributed by atoms with van der Waals surface area (Å²) in [6, 6.07) is 11.3. The Morgan fingerprint density at radius 1 is 0.962 bits per heavy atom. The van der Waals surface area contributed by atoms with Gasteiger partial charge in [0, 0.05) is 32.0 Å². The van der Waals surface area contributed by atoms with Gasteiger partial charge in [-0.25, -0.2) is 4.98 Å². The van der Waals surface area contributed by atoms with Gasteiger partial charge in [0.1, 0.15) is 11.4 Å². The molecule has 1 aromatic heterocycles. The molecule has 0 atom stereocenters. The van der Waals surface area contributed by atoms with E-state index in [1.807, 2.05) is 0 Å². The molecule has 1 aromatic carbocycles. The molecule has 8 nitrogen and oxygen atoms in total. The molecule has 2 aromatic rings. The second kappa shape index (κ2) is 9.28. The Hall–Kier alpha value is -3.26. The number of hydrogen-bond donors (Lipinski definition) is 3. The van der Waals surface area contributed by atoms with Crippen molar-refractivity contribution in [1.82, 2.24) is 10.3 Å². The highest BCUT2D eigenvalue weighted by Gasteiger charge is 2.12. The number of carbonyl (C=O) groups is 3. The molecule has 0 fully saturated rings. The lowest BCUT2D eigenvalue weighted by atomic mass is 10.2. The Morgan fingerprint density at radius 3 is 2.23 bits per heavy atom. The van der Waals surface area contributed by atoms with E-state index in [-0.39, 0.29) is 23.2 Å². The number of benzene rings is 1. The van der Waals surface area contributed by atoms with Gasteiger partial charge in [0.05, 0.1) is 6.61 Å². The van der Waals surface area contributed by atoms with Crippen molar-refractivity contribution in [3.63, 3.8) is 0 Å². The molecule has 136 valence electrons. The van der Waals surface area contributed by atoms with E-state index in [1.54, 1.807) is 30.3 Å². The summed E-state index contributed by atoms with van der Waals surface area (Å²) in [6.07, 6.45) is 0. The van der Waals surface area contributed by atoms with Crippen LogP contribution in [0.3, 0.4) is 0 Å². The number of amides is 3. The van der Waals surface area contributed by atoms with Crippen LogP contribution in [0.25, 0.3) is 0 Å². The first-order chi connectivity index (χ1) is 12.5. The number of nitrogens with one attached hydrogen (secondary N) is 3. The van der Waals surface area contributed by atoms with E-state index in [9.17, 15) is 14.4 Å². The number of aromatic nitrogens is 1. The fourth-order valence-corrected chi connectivity index (χ4v) is 2.12. The lowest BCUT2D eigenvalue weighted by Crippen LogP contribution is -2.28. The third-order valence-electron chi connectivity index (χ3n) is 3.25. The van der Waals surface area contributed by atoms with Crippen LogP contribution in [-0.2, 0) is 9.53 Å². The first kappa shape index (κ1) is 19.1. The van der Waals surface area contributed by atoms with E-state index in [2.05, 4.69) is 20.9 Å². The average Bonchev–Trinajstić information content (AvgIpc) is 2.61. The monoisotopic (exact) mass is 356 g/mol. The third kappa shape index (κ3) is 5.67. The summed E-state index contributed by atoms with van der Waals surface area (Å²) in [6.45, 7) is 2.14. The fourth-order valence-electron chi connectivity index (χ4n) is 2.12. The lowest BCUT2D eigenvalue weighted by Gasteiger charge is -2.08. The number of ether oxygens (including phenoxy) is 1. The molecule has 0 aliphatic heterocycles. The predicted molar refractivity (Wildman–Crippen MR) is 97.1 cm³/mol. The van der Waals surface area contributed by atoms with Crippen LogP contribution in [0.2, 0.25) is 0 Å². The molecule has 0 saturated carbocycles. The van der Waals surface area contributed by atoms with Gasteiger partial charge in [-0.05, 0) is 30.3 Å². The molecule has 8 heteroatoms. The Kier molecular flexibility index (Phi) is 6.81. The SMILES string of the molecule is COCCNC(=O)c1cccc(C(=O)Nc2cccc(NC(C)=O)c2)n1. The maximum absolute atomic E-state index is 12.4. The van der Waals surface area contributed by atoms with Crippen LogP contribution < -0.4 is 16.0 Å². The van der Waals surface area contributed by atoms with E-state index < -0.39 is 5.91 Å². The van der Waals surface area contributed by atoms with Crippen molar-refractivity contribution < 1.29 is 19.1 Å². The van der Waals surface area contributed by atoms with Gasteiger partial charge < -0.3 is 20.7 Å². The maximum Gasteiger partial charge on any atom is 0.274 e. The molecule has 0 radical (unpaired) electrons. The van der Waals surface area contributed by atoms with Crippen molar-refractivity contribution in [1.29, 1.82) is 0 Å². The second-order valence-electron chi connectivity index (χ2n) is 5.37. The van der Waals surface area contributed by atoms with Gasteiger partial charge in [-0.15, -0.1) is 0 Å².